The van der Waals surface area contributed by atoms with Crippen LogP contribution in [0.4, 0.5) is 0 Å². The van der Waals surface area contributed by atoms with Gasteiger partial charge in [-0.25, -0.2) is 0 Å². The highest BCUT2D eigenvalue weighted by atomic mass is 16.5. The number of likely N-dealkylation sites (tertiary alicyclic amines) is 1. The summed E-state index contributed by atoms with van der Waals surface area (Å²) >= 11 is 0. The fourth-order valence-corrected chi connectivity index (χ4v) is 3.60. The number of guanidine groups is 1. The molecule has 0 unspecified atom stereocenters. The third kappa shape index (κ3) is 4.76. The van der Waals surface area contributed by atoms with E-state index >= 15 is 0 Å². The van der Waals surface area contributed by atoms with Crippen molar-refractivity contribution in [1.82, 2.24) is 15.2 Å². The number of aliphatic imine (C=N–C) groups is 1. The lowest BCUT2D eigenvalue weighted by Gasteiger charge is -2.33. The van der Waals surface area contributed by atoms with Crippen LogP contribution in [0, 0.1) is 5.92 Å². The Bertz CT molecular complexity index is 792. The molecule has 3 rings (SSSR count). The number of aromatic nitrogens is 1. The second-order valence-corrected chi connectivity index (χ2v) is 6.73. The molecule has 6 nitrogen and oxygen atoms in total. The Kier molecular flexibility index (Phi) is 6.63. The molecular formula is C21H28N4O2. The van der Waals surface area contributed by atoms with Crippen molar-refractivity contribution in [2.75, 3.05) is 33.3 Å². The monoisotopic (exact) mass is 368 g/mol. The minimum atomic E-state index is -0.0662. The lowest BCUT2D eigenvalue weighted by Crippen LogP contribution is -2.47. The summed E-state index contributed by atoms with van der Waals surface area (Å²) in [6.07, 6.45) is 4.35. The van der Waals surface area contributed by atoms with Crippen LogP contribution in [0.15, 0.2) is 41.5 Å². The molecule has 2 heterocycles. The van der Waals surface area contributed by atoms with Gasteiger partial charge in [-0.2, -0.15) is 0 Å². The molecule has 6 heteroatoms. The standard InChI is InChI=1S/C21H28N4O2/c1-3-27-20(26)18-10-14-25(15-11-18)21(22-2)24-13-9-17-7-4-6-16-8-5-12-23-19(16)17/h4-8,12,18H,3,9-11,13-15H2,1-2H3,(H,22,24). The summed E-state index contributed by atoms with van der Waals surface area (Å²) in [5.74, 6) is 0.843. The molecule has 1 aliphatic rings. The Morgan fingerprint density at radius 2 is 2.07 bits per heavy atom. The summed E-state index contributed by atoms with van der Waals surface area (Å²) in [7, 11) is 1.80. The van der Waals surface area contributed by atoms with Crippen molar-refractivity contribution in [1.29, 1.82) is 0 Å². The molecule has 0 saturated carbocycles. The van der Waals surface area contributed by atoms with E-state index in [-0.39, 0.29) is 11.9 Å². The second kappa shape index (κ2) is 9.35. The van der Waals surface area contributed by atoms with Gasteiger partial charge in [0.15, 0.2) is 5.96 Å². The molecule has 27 heavy (non-hydrogen) atoms. The average molecular weight is 368 g/mol. The summed E-state index contributed by atoms with van der Waals surface area (Å²) < 4.78 is 5.14. The van der Waals surface area contributed by atoms with Crippen molar-refractivity contribution in [3.63, 3.8) is 0 Å². The number of benzene rings is 1. The van der Waals surface area contributed by atoms with Crippen LogP contribution in [0.25, 0.3) is 10.9 Å². The normalized spacial score (nSPS) is 15.8. The first-order valence-corrected chi connectivity index (χ1v) is 9.67. The lowest BCUT2D eigenvalue weighted by molar-refractivity contribution is -0.149. The van der Waals surface area contributed by atoms with E-state index in [0.717, 1.165) is 50.4 Å². The maximum absolute atomic E-state index is 11.9. The number of esters is 1. The van der Waals surface area contributed by atoms with Crippen molar-refractivity contribution in [2.45, 2.75) is 26.2 Å². The van der Waals surface area contributed by atoms with Gasteiger partial charge in [0.1, 0.15) is 0 Å². The van der Waals surface area contributed by atoms with E-state index < -0.39 is 0 Å². The van der Waals surface area contributed by atoms with Gasteiger partial charge in [0, 0.05) is 38.3 Å². The molecule has 0 bridgehead atoms. The third-order valence-corrected chi connectivity index (χ3v) is 5.02. The second-order valence-electron chi connectivity index (χ2n) is 6.73. The number of piperidine rings is 1. The van der Waals surface area contributed by atoms with E-state index in [1.807, 2.05) is 19.2 Å². The van der Waals surface area contributed by atoms with Gasteiger partial charge < -0.3 is 15.0 Å². The third-order valence-electron chi connectivity index (χ3n) is 5.02. The molecular weight excluding hydrogens is 340 g/mol. The molecule has 0 radical (unpaired) electrons. The van der Waals surface area contributed by atoms with E-state index in [4.69, 9.17) is 4.74 Å². The van der Waals surface area contributed by atoms with Crippen LogP contribution in [0.2, 0.25) is 0 Å². The van der Waals surface area contributed by atoms with Crippen molar-refractivity contribution in [3.8, 4) is 0 Å². The number of para-hydroxylation sites is 1. The van der Waals surface area contributed by atoms with E-state index in [2.05, 4.69) is 44.5 Å². The van der Waals surface area contributed by atoms with Crippen LogP contribution in [0.3, 0.4) is 0 Å². The van der Waals surface area contributed by atoms with Crippen molar-refractivity contribution < 1.29 is 9.53 Å². The Balaban J connectivity index is 1.52. The van der Waals surface area contributed by atoms with E-state index in [0.29, 0.717) is 6.61 Å². The molecule has 0 atom stereocenters. The molecule has 0 spiro atoms. The SMILES string of the molecule is CCOC(=O)C1CCN(C(=NC)NCCc2cccc3cccnc23)CC1. The van der Waals surface area contributed by atoms with Gasteiger partial charge in [0.25, 0.3) is 0 Å². The summed E-state index contributed by atoms with van der Waals surface area (Å²) in [6.45, 7) is 4.73. The number of carbonyl (C=O) groups is 1. The Labute approximate surface area is 160 Å². The number of hydrogen-bond acceptors (Lipinski definition) is 4. The predicted molar refractivity (Wildman–Crippen MR) is 108 cm³/mol. The number of rotatable bonds is 5. The number of ether oxygens (including phenoxy) is 1. The number of hydrogen-bond donors (Lipinski definition) is 1. The zero-order valence-corrected chi connectivity index (χ0v) is 16.1. The summed E-state index contributed by atoms with van der Waals surface area (Å²) in [6, 6.07) is 10.4. The molecule has 1 fully saturated rings. The molecule has 1 aliphatic heterocycles. The smallest absolute Gasteiger partial charge is 0.309 e. The van der Waals surface area contributed by atoms with Crippen molar-refractivity contribution >= 4 is 22.8 Å². The van der Waals surface area contributed by atoms with Gasteiger partial charge in [0.2, 0.25) is 0 Å². The number of carbonyl (C=O) groups excluding carboxylic acids is 1. The predicted octanol–water partition coefficient (Wildman–Crippen LogP) is 2.63. The van der Waals surface area contributed by atoms with Crippen LogP contribution in [0.5, 0.6) is 0 Å². The highest BCUT2D eigenvalue weighted by molar-refractivity contribution is 5.82. The van der Waals surface area contributed by atoms with Crippen LogP contribution in [-0.2, 0) is 16.0 Å². The molecule has 0 aliphatic carbocycles. The van der Waals surface area contributed by atoms with Crippen LogP contribution >= 0.6 is 0 Å². The maximum atomic E-state index is 11.9. The van der Waals surface area contributed by atoms with Gasteiger partial charge in [-0.15, -0.1) is 0 Å². The van der Waals surface area contributed by atoms with Gasteiger partial charge in [-0.1, -0.05) is 24.3 Å². The highest BCUT2D eigenvalue weighted by Crippen LogP contribution is 2.19. The van der Waals surface area contributed by atoms with Gasteiger partial charge in [0.05, 0.1) is 18.0 Å². The number of fused-ring (bicyclic) bond motifs is 1. The molecule has 1 aromatic heterocycles. The number of pyridine rings is 1. The van der Waals surface area contributed by atoms with Crippen molar-refractivity contribution in [2.24, 2.45) is 10.9 Å². The highest BCUT2D eigenvalue weighted by Gasteiger charge is 2.27. The minimum Gasteiger partial charge on any atom is -0.466 e. The fraction of sp³-hybridized carbons (Fsp3) is 0.476. The van der Waals surface area contributed by atoms with E-state index in [1.165, 1.54) is 10.9 Å². The van der Waals surface area contributed by atoms with Gasteiger partial charge >= 0.3 is 5.97 Å². The van der Waals surface area contributed by atoms with Crippen molar-refractivity contribution in [3.05, 3.63) is 42.1 Å². The zero-order valence-electron chi connectivity index (χ0n) is 16.1. The molecule has 0 amide bonds. The van der Waals surface area contributed by atoms with Crippen LogP contribution in [0.1, 0.15) is 25.3 Å². The van der Waals surface area contributed by atoms with E-state index in [1.54, 1.807) is 7.05 Å². The Morgan fingerprint density at radius 3 is 2.81 bits per heavy atom. The minimum absolute atomic E-state index is 0.0149. The van der Waals surface area contributed by atoms with Crippen LogP contribution < -0.4 is 5.32 Å². The molecule has 1 N–H and O–H groups in total. The molecule has 1 aromatic carbocycles. The molecule has 2 aromatic rings. The first-order chi connectivity index (χ1) is 13.2. The zero-order chi connectivity index (χ0) is 19.1. The average Bonchev–Trinajstić information content (AvgIpc) is 2.72. The lowest BCUT2D eigenvalue weighted by atomic mass is 9.97. The molecule has 1 saturated heterocycles. The summed E-state index contributed by atoms with van der Waals surface area (Å²) in [5, 5.41) is 4.62. The van der Waals surface area contributed by atoms with E-state index in [9.17, 15) is 4.79 Å². The number of nitrogens with one attached hydrogen (secondary N) is 1. The largest absolute Gasteiger partial charge is 0.466 e. The summed E-state index contributed by atoms with van der Waals surface area (Å²) in [4.78, 5) is 23.0. The first-order valence-electron chi connectivity index (χ1n) is 9.67. The molecule has 144 valence electrons. The number of nitrogens with zero attached hydrogens (tertiary/aromatic N) is 3. The van der Waals surface area contributed by atoms with Gasteiger partial charge in [-0.05, 0) is 37.8 Å². The van der Waals surface area contributed by atoms with Crippen LogP contribution in [-0.4, -0.2) is 55.1 Å². The first kappa shape index (κ1) is 19.1. The quantitative estimate of drug-likeness (QED) is 0.499. The topological polar surface area (TPSA) is 66.8 Å². The fourth-order valence-electron chi connectivity index (χ4n) is 3.60. The Morgan fingerprint density at radius 1 is 1.30 bits per heavy atom. The van der Waals surface area contributed by atoms with Gasteiger partial charge in [-0.3, -0.25) is 14.8 Å². The Hall–Kier alpha value is -2.63. The maximum Gasteiger partial charge on any atom is 0.309 e. The summed E-state index contributed by atoms with van der Waals surface area (Å²) in [5.41, 5.74) is 2.30.